The fraction of sp³-hybridized carbons (Fsp3) is 0.192. The molecular formula is C26H20ClF4N3O2S. The van der Waals surface area contributed by atoms with Crippen molar-refractivity contribution in [3.05, 3.63) is 94.8 Å². The van der Waals surface area contributed by atoms with Gasteiger partial charge in [0.15, 0.2) is 5.11 Å². The predicted octanol–water partition coefficient (Wildman–Crippen LogP) is 6.07. The van der Waals surface area contributed by atoms with Gasteiger partial charge in [-0.1, -0.05) is 29.8 Å². The topological polar surface area (TPSA) is 52.7 Å². The Bertz CT molecular complexity index is 1320. The van der Waals surface area contributed by atoms with E-state index in [1.165, 1.54) is 41.3 Å². The molecule has 1 heterocycles. The number of nitrogens with one attached hydrogen (secondary N) is 1. The van der Waals surface area contributed by atoms with Crippen LogP contribution in [0, 0.1) is 5.82 Å². The van der Waals surface area contributed by atoms with E-state index in [1.54, 1.807) is 12.1 Å². The van der Waals surface area contributed by atoms with Crippen LogP contribution in [-0.2, 0) is 22.2 Å². The highest BCUT2D eigenvalue weighted by molar-refractivity contribution is 7.80. The third-order valence-corrected chi connectivity index (χ3v) is 6.48. The van der Waals surface area contributed by atoms with Crippen LogP contribution in [0.25, 0.3) is 0 Å². The van der Waals surface area contributed by atoms with Gasteiger partial charge >= 0.3 is 6.18 Å². The van der Waals surface area contributed by atoms with Gasteiger partial charge in [-0.3, -0.25) is 14.5 Å². The number of carbonyl (C=O) groups is 2. The van der Waals surface area contributed by atoms with Crippen molar-refractivity contribution < 1.29 is 27.2 Å². The first-order chi connectivity index (χ1) is 17.5. The molecule has 1 atom stereocenters. The number of hydrogen-bond acceptors (Lipinski definition) is 3. The molecule has 4 rings (SSSR count). The van der Waals surface area contributed by atoms with Crippen molar-refractivity contribution in [2.75, 3.05) is 16.8 Å². The van der Waals surface area contributed by atoms with E-state index in [0.717, 1.165) is 22.6 Å². The van der Waals surface area contributed by atoms with Crippen molar-refractivity contribution in [1.82, 2.24) is 4.90 Å². The molecule has 0 aliphatic carbocycles. The van der Waals surface area contributed by atoms with E-state index in [-0.39, 0.29) is 23.8 Å². The average molecular weight is 550 g/mol. The highest BCUT2D eigenvalue weighted by atomic mass is 35.5. The standard InChI is InChI=1S/C26H20ClF4N3O2S/c27-18-6-4-16(5-7-18)12-13-33-22(15-23(35)32-20-10-8-19(28)9-11-20)24(36)34(25(33)37)21-3-1-2-17(14-21)26(29,30)31/h1-11,14,22H,12-13,15H2,(H,32,35). The number of anilines is 2. The number of nitrogens with zero attached hydrogens (tertiary/aromatic N) is 2. The Labute approximate surface area is 220 Å². The van der Waals surface area contributed by atoms with Crippen molar-refractivity contribution in [2.45, 2.75) is 25.1 Å². The molecule has 0 bridgehead atoms. The maximum Gasteiger partial charge on any atom is 0.416 e. The number of alkyl halides is 3. The first-order valence-electron chi connectivity index (χ1n) is 11.1. The van der Waals surface area contributed by atoms with E-state index in [0.29, 0.717) is 17.1 Å². The van der Waals surface area contributed by atoms with E-state index in [1.807, 2.05) is 12.1 Å². The molecule has 3 aromatic rings. The SMILES string of the molecule is O=C(CC1C(=O)N(c2cccc(C(F)(F)F)c2)C(=S)N1CCc1ccc(Cl)cc1)Nc1ccc(F)cc1. The van der Waals surface area contributed by atoms with Gasteiger partial charge in [0.2, 0.25) is 5.91 Å². The Kier molecular flexibility index (Phi) is 7.79. The molecule has 0 saturated carbocycles. The molecule has 1 N–H and O–H groups in total. The smallest absolute Gasteiger partial charge is 0.336 e. The fourth-order valence-corrected chi connectivity index (χ4v) is 4.51. The summed E-state index contributed by atoms with van der Waals surface area (Å²) in [5, 5.41) is 3.16. The Morgan fingerprint density at radius 2 is 1.70 bits per heavy atom. The van der Waals surface area contributed by atoms with Crippen LogP contribution in [-0.4, -0.2) is 34.4 Å². The van der Waals surface area contributed by atoms with E-state index >= 15 is 0 Å². The largest absolute Gasteiger partial charge is 0.416 e. The summed E-state index contributed by atoms with van der Waals surface area (Å²) in [5.74, 6) is -1.62. The van der Waals surface area contributed by atoms with Crippen LogP contribution in [0.2, 0.25) is 5.02 Å². The minimum absolute atomic E-state index is 0.00197. The Morgan fingerprint density at radius 3 is 2.35 bits per heavy atom. The van der Waals surface area contributed by atoms with Gasteiger partial charge in [-0.2, -0.15) is 13.2 Å². The zero-order valence-corrected chi connectivity index (χ0v) is 20.7. The maximum absolute atomic E-state index is 13.4. The maximum atomic E-state index is 13.4. The van der Waals surface area contributed by atoms with Gasteiger partial charge in [-0.05, 0) is 78.8 Å². The minimum Gasteiger partial charge on any atom is -0.336 e. The molecule has 2 amide bonds. The van der Waals surface area contributed by atoms with Gasteiger partial charge in [-0.25, -0.2) is 4.39 Å². The van der Waals surface area contributed by atoms with Crippen LogP contribution >= 0.6 is 23.8 Å². The molecule has 0 spiro atoms. The first-order valence-corrected chi connectivity index (χ1v) is 11.9. The Hall–Kier alpha value is -3.50. The molecule has 11 heteroatoms. The second kappa shape index (κ2) is 10.9. The third-order valence-electron chi connectivity index (χ3n) is 5.81. The number of thiocarbonyl (C=S) groups is 1. The van der Waals surface area contributed by atoms with Gasteiger partial charge in [-0.15, -0.1) is 0 Å². The monoisotopic (exact) mass is 549 g/mol. The molecule has 192 valence electrons. The lowest BCUT2D eigenvalue weighted by Gasteiger charge is -2.24. The highest BCUT2D eigenvalue weighted by Gasteiger charge is 2.44. The summed E-state index contributed by atoms with van der Waals surface area (Å²) in [5.41, 5.74) is 0.266. The lowest BCUT2D eigenvalue weighted by atomic mass is 10.1. The van der Waals surface area contributed by atoms with Crippen molar-refractivity contribution in [1.29, 1.82) is 0 Å². The van der Waals surface area contributed by atoms with Gasteiger partial charge in [0.25, 0.3) is 5.91 Å². The second-order valence-electron chi connectivity index (χ2n) is 8.35. The van der Waals surface area contributed by atoms with Crippen LogP contribution < -0.4 is 10.2 Å². The van der Waals surface area contributed by atoms with Crippen LogP contribution in [0.5, 0.6) is 0 Å². The summed E-state index contributed by atoms with van der Waals surface area (Å²) in [7, 11) is 0. The summed E-state index contributed by atoms with van der Waals surface area (Å²) in [4.78, 5) is 28.8. The van der Waals surface area contributed by atoms with Crippen molar-refractivity contribution in [3.63, 3.8) is 0 Å². The summed E-state index contributed by atoms with van der Waals surface area (Å²) >= 11 is 11.5. The van der Waals surface area contributed by atoms with Gasteiger partial charge < -0.3 is 10.2 Å². The number of rotatable bonds is 7. The zero-order chi connectivity index (χ0) is 26.7. The van der Waals surface area contributed by atoms with E-state index in [4.69, 9.17) is 23.8 Å². The molecule has 3 aromatic carbocycles. The molecule has 37 heavy (non-hydrogen) atoms. The van der Waals surface area contributed by atoms with Crippen molar-refractivity contribution in [3.8, 4) is 0 Å². The second-order valence-corrected chi connectivity index (χ2v) is 9.15. The average Bonchev–Trinajstić information content (AvgIpc) is 3.08. The summed E-state index contributed by atoms with van der Waals surface area (Å²) < 4.78 is 53.1. The quantitative estimate of drug-likeness (QED) is 0.287. The van der Waals surface area contributed by atoms with Crippen LogP contribution in [0.3, 0.4) is 0 Å². The van der Waals surface area contributed by atoms with Gasteiger partial charge in [0, 0.05) is 17.3 Å². The number of halogens is 5. The van der Waals surface area contributed by atoms with Crippen LogP contribution in [0.1, 0.15) is 17.5 Å². The van der Waals surface area contributed by atoms with Crippen molar-refractivity contribution >= 4 is 52.1 Å². The lowest BCUT2D eigenvalue weighted by Crippen LogP contribution is -2.39. The lowest BCUT2D eigenvalue weighted by molar-refractivity contribution is -0.137. The zero-order valence-electron chi connectivity index (χ0n) is 19.1. The molecule has 0 radical (unpaired) electrons. The van der Waals surface area contributed by atoms with Gasteiger partial charge in [0.05, 0.1) is 17.7 Å². The van der Waals surface area contributed by atoms with E-state index in [9.17, 15) is 27.2 Å². The molecule has 1 unspecified atom stereocenters. The third kappa shape index (κ3) is 6.26. The highest BCUT2D eigenvalue weighted by Crippen LogP contribution is 2.34. The van der Waals surface area contributed by atoms with E-state index in [2.05, 4.69) is 5.32 Å². The molecule has 1 saturated heterocycles. The molecule has 1 fully saturated rings. The van der Waals surface area contributed by atoms with Crippen molar-refractivity contribution in [2.24, 2.45) is 0 Å². The number of carbonyl (C=O) groups excluding carboxylic acids is 2. The molecule has 1 aliphatic rings. The first kappa shape index (κ1) is 26.6. The molecule has 5 nitrogen and oxygen atoms in total. The normalized spacial score (nSPS) is 15.9. The molecular weight excluding hydrogens is 530 g/mol. The molecule has 0 aromatic heterocycles. The predicted molar refractivity (Wildman–Crippen MR) is 137 cm³/mol. The van der Waals surface area contributed by atoms with Gasteiger partial charge in [0.1, 0.15) is 11.9 Å². The van der Waals surface area contributed by atoms with E-state index < -0.39 is 35.4 Å². The minimum atomic E-state index is -4.61. The van der Waals surface area contributed by atoms with Crippen LogP contribution in [0.4, 0.5) is 28.9 Å². The number of amides is 2. The summed E-state index contributed by atoms with van der Waals surface area (Å²) in [6.45, 7) is 0.232. The number of hydrogen-bond donors (Lipinski definition) is 1. The Morgan fingerprint density at radius 1 is 1.03 bits per heavy atom. The fourth-order valence-electron chi connectivity index (χ4n) is 3.97. The molecule has 1 aliphatic heterocycles. The Balaban J connectivity index is 1.59. The number of benzene rings is 3. The summed E-state index contributed by atoms with van der Waals surface area (Å²) in [6.07, 6.45) is -4.48. The summed E-state index contributed by atoms with van der Waals surface area (Å²) in [6, 6.07) is 15.4. The van der Waals surface area contributed by atoms with Crippen LogP contribution in [0.15, 0.2) is 72.8 Å².